The molecule has 0 aromatic heterocycles. The van der Waals surface area contributed by atoms with Gasteiger partial charge in [0.15, 0.2) is 17.4 Å². The summed E-state index contributed by atoms with van der Waals surface area (Å²) in [5.74, 6) is -2.80. The van der Waals surface area contributed by atoms with Gasteiger partial charge in [0.05, 0.1) is 6.61 Å². The molecule has 3 nitrogen and oxygen atoms in total. The number of phenols is 1. The second-order valence-corrected chi connectivity index (χ2v) is 4.13. The minimum Gasteiger partial charge on any atom is -0.503 e. The number of rotatable bonds is 5. The molecule has 0 spiro atoms. The van der Waals surface area contributed by atoms with E-state index in [1.807, 2.05) is 18.9 Å². The first-order chi connectivity index (χ1) is 7.95. The third kappa shape index (κ3) is 3.64. The van der Waals surface area contributed by atoms with E-state index in [2.05, 4.69) is 0 Å². The van der Waals surface area contributed by atoms with E-state index in [-0.39, 0.29) is 6.04 Å². The maximum atomic E-state index is 13.1. The zero-order valence-corrected chi connectivity index (χ0v) is 10.2. The molecule has 0 bridgehead atoms. The van der Waals surface area contributed by atoms with E-state index in [4.69, 9.17) is 9.84 Å². The molecule has 0 aliphatic rings. The van der Waals surface area contributed by atoms with Gasteiger partial charge in [0.2, 0.25) is 0 Å². The Balaban J connectivity index is 2.75. The van der Waals surface area contributed by atoms with Crippen LogP contribution in [0.3, 0.4) is 0 Å². The van der Waals surface area contributed by atoms with Crippen molar-refractivity contribution in [3.63, 3.8) is 0 Å². The van der Waals surface area contributed by atoms with E-state index < -0.39 is 17.4 Å². The van der Waals surface area contributed by atoms with Crippen LogP contribution in [0.5, 0.6) is 5.75 Å². The van der Waals surface area contributed by atoms with Crippen molar-refractivity contribution in [1.82, 2.24) is 4.90 Å². The maximum Gasteiger partial charge on any atom is 0.187 e. The molecular formula is C12H17F2NO2. The van der Waals surface area contributed by atoms with Crippen molar-refractivity contribution in [3.05, 3.63) is 29.3 Å². The first-order valence-electron chi connectivity index (χ1n) is 5.31. The number of hydrogen-bond donors (Lipinski definition) is 1. The smallest absolute Gasteiger partial charge is 0.187 e. The second kappa shape index (κ2) is 5.93. The van der Waals surface area contributed by atoms with Crippen LogP contribution in [0.2, 0.25) is 0 Å². The Bertz CT molecular complexity index is 362. The number of methoxy groups -OCH3 is 1. The molecule has 1 rings (SSSR count). The van der Waals surface area contributed by atoms with E-state index in [0.29, 0.717) is 18.7 Å². The standard InChI is InChI=1S/C12H17F2NO2/c1-8(7-17-3)15(2)6-9-4-10(13)12(16)11(14)5-9/h4-5,8,16H,6-7H2,1-3H3. The lowest BCUT2D eigenvalue weighted by molar-refractivity contribution is 0.112. The maximum absolute atomic E-state index is 13.1. The van der Waals surface area contributed by atoms with Gasteiger partial charge in [-0.2, -0.15) is 0 Å². The largest absolute Gasteiger partial charge is 0.503 e. The molecule has 5 heteroatoms. The molecule has 0 saturated carbocycles. The highest BCUT2D eigenvalue weighted by Crippen LogP contribution is 2.22. The fraction of sp³-hybridized carbons (Fsp3) is 0.500. The molecule has 1 unspecified atom stereocenters. The minimum absolute atomic E-state index is 0.139. The average molecular weight is 245 g/mol. The Morgan fingerprint density at radius 2 is 1.88 bits per heavy atom. The van der Waals surface area contributed by atoms with Crippen molar-refractivity contribution >= 4 is 0 Å². The number of hydrogen-bond acceptors (Lipinski definition) is 3. The Morgan fingerprint density at radius 3 is 2.35 bits per heavy atom. The topological polar surface area (TPSA) is 32.7 Å². The van der Waals surface area contributed by atoms with Gasteiger partial charge in [-0.15, -0.1) is 0 Å². The van der Waals surface area contributed by atoms with Crippen LogP contribution >= 0.6 is 0 Å². The van der Waals surface area contributed by atoms with Crippen LogP contribution in [0.4, 0.5) is 8.78 Å². The minimum atomic E-state index is -0.937. The molecule has 0 aliphatic carbocycles. The average Bonchev–Trinajstić information content (AvgIpc) is 2.26. The molecule has 17 heavy (non-hydrogen) atoms. The van der Waals surface area contributed by atoms with Crippen molar-refractivity contribution in [2.45, 2.75) is 19.5 Å². The first-order valence-corrected chi connectivity index (χ1v) is 5.31. The highest BCUT2D eigenvalue weighted by molar-refractivity contribution is 5.29. The molecule has 0 saturated heterocycles. The Labute approximate surface area is 99.6 Å². The molecular weight excluding hydrogens is 228 g/mol. The molecule has 1 atom stereocenters. The van der Waals surface area contributed by atoms with Gasteiger partial charge in [-0.25, -0.2) is 8.78 Å². The lowest BCUT2D eigenvalue weighted by Crippen LogP contribution is -2.32. The fourth-order valence-corrected chi connectivity index (χ4v) is 1.52. The molecule has 0 fully saturated rings. The summed E-state index contributed by atoms with van der Waals surface area (Å²) >= 11 is 0. The summed E-state index contributed by atoms with van der Waals surface area (Å²) in [5, 5.41) is 8.97. The van der Waals surface area contributed by atoms with Gasteiger partial charge in [-0.1, -0.05) is 0 Å². The predicted octanol–water partition coefficient (Wildman–Crippen LogP) is 2.14. The number of benzene rings is 1. The van der Waals surface area contributed by atoms with Crippen LogP contribution in [-0.4, -0.2) is 36.8 Å². The van der Waals surface area contributed by atoms with Gasteiger partial charge in [-0.3, -0.25) is 4.90 Å². The monoisotopic (exact) mass is 245 g/mol. The zero-order chi connectivity index (χ0) is 13.0. The molecule has 96 valence electrons. The normalized spacial score (nSPS) is 13.1. The Kier molecular flexibility index (Phi) is 4.84. The summed E-state index contributed by atoms with van der Waals surface area (Å²) in [4.78, 5) is 1.91. The summed E-state index contributed by atoms with van der Waals surface area (Å²) in [6.07, 6.45) is 0. The van der Waals surface area contributed by atoms with Gasteiger partial charge in [0, 0.05) is 19.7 Å². The first kappa shape index (κ1) is 13.9. The number of ether oxygens (including phenoxy) is 1. The van der Waals surface area contributed by atoms with Gasteiger partial charge < -0.3 is 9.84 Å². The van der Waals surface area contributed by atoms with Gasteiger partial charge in [0.1, 0.15) is 0 Å². The van der Waals surface area contributed by atoms with Crippen molar-refractivity contribution < 1.29 is 18.6 Å². The SMILES string of the molecule is COCC(C)N(C)Cc1cc(F)c(O)c(F)c1. The quantitative estimate of drug-likeness (QED) is 0.862. The molecule has 0 heterocycles. The predicted molar refractivity (Wildman–Crippen MR) is 60.8 cm³/mol. The van der Waals surface area contributed by atoms with Crippen molar-refractivity contribution in [2.24, 2.45) is 0 Å². The zero-order valence-electron chi connectivity index (χ0n) is 10.2. The molecule has 1 aromatic rings. The summed E-state index contributed by atoms with van der Waals surface area (Å²) < 4.78 is 31.2. The summed E-state index contributed by atoms with van der Waals surface area (Å²) in [7, 11) is 3.44. The third-order valence-electron chi connectivity index (χ3n) is 2.67. The molecule has 0 radical (unpaired) electrons. The highest BCUT2D eigenvalue weighted by Gasteiger charge is 2.13. The van der Waals surface area contributed by atoms with E-state index in [1.54, 1.807) is 7.11 Å². The van der Waals surface area contributed by atoms with Crippen molar-refractivity contribution in [2.75, 3.05) is 20.8 Å². The van der Waals surface area contributed by atoms with Crippen LogP contribution in [0.25, 0.3) is 0 Å². The van der Waals surface area contributed by atoms with Crippen LogP contribution in [0, 0.1) is 11.6 Å². The van der Waals surface area contributed by atoms with Gasteiger partial charge in [-0.05, 0) is 31.7 Å². The summed E-state index contributed by atoms with van der Waals surface area (Å²) in [5.41, 5.74) is 0.475. The second-order valence-electron chi connectivity index (χ2n) is 4.13. The van der Waals surface area contributed by atoms with Crippen LogP contribution in [-0.2, 0) is 11.3 Å². The summed E-state index contributed by atoms with van der Waals surface area (Å²) in [6, 6.07) is 2.41. The van der Waals surface area contributed by atoms with Crippen LogP contribution in [0.1, 0.15) is 12.5 Å². The van der Waals surface area contributed by atoms with Gasteiger partial charge >= 0.3 is 0 Å². The van der Waals surface area contributed by atoms with E-state index >= 15 is 0 Å². The third-order valence-corrected chi connectivity index (χ3v) is 2.67. The van der Waals surface area contributed by atoms with E-state index in [1.165, 1.54) is 0 Å². The lowest BCUT2D eigenvalue weighted by atomic mass is 10.1. The van der Waals surface area contributed by atoms with E-state index in [9.17, 15) is 8.78 Å². The van der Waals surface area contributed by atoms with Crippen LogP contribution in [0.15, 0.2) is 12.1 Å². The number of phenolic OH excluding ortho intramolecular Hbond substituents is 1. The molecule has 1 aromatic carbocycles. The van der Waals surface area contributed by atoms with Gasteiger partial charge in [0.25, 0.3) is 0 Å². The lowest BCUT2D eigenvalue weighted by Gasteiger charge is -2.24. The van der Waals surface area contributed by atoms with Crippen LogP contribution < -0.4 is 0 Å². The number of likely N-dealkylation sites (N-methyl/N-ethyl adjacent to an activating group) is 1. The molecule has 0 amide bonds. The highest BCUT2D eigenvalue weighted by atomic mass is 19.1. The van der Waals surface area contributed by atoms with E-state index in [0.717, 1.165) is 12.1 Å². The summed E-state index contributed by atoms with van der Waals surface area (Å²) in [6.45, 7) is 2.88. The number of halogens is 2. The molecule has 1 N–H and O–H groups in total. The van der Waals surface area contributed by atoms with Crippen molar-refractivity contribution in [3.8, 4) is 5.75 Å². The molecule has 0 aliphatic heterocycles. The fourth-order valence-electron chi connectivity index (χ4n) is 1.52. The Hall–Kier alpha value is -1.20. The van der Waals surface area contributed by atoms with Crippen molar-refractivity contribution in [1.29, 1.82) is 0 Å². The number of aromatic hydroxyl groups is 1. The number of nitrogens with zero attached hydrogens (tertiary/aromatic N) is 1. The Morgan fingerprint density at radius 1 is 1.35 bits per heavy atom.